The van der Waals surface area contributed by atoms with Crippen LogP contribution in [0.25, 0.3) is 0 Å². The summed E-state index contributed by atoms with van der Waals surface area (Å²) in [5.41, 5.74) is 7.03. The van der Waals surface area contributed by atoms with Crippen LogP contribution >= 0.6 is 12.4 Å². The fraction of sp³-hybridized carbons (Fsp3) is 0.385. The van der Waals surface area contributed by atoms with Crippen LogP contribution in [-0.4, -0.2) is 24.4 Å². The molecular weight excluding hydrogens is 266 g/mol. The largest absolute Gasteiger partial charge is 0.325 e. The number of carbonyl (C=O) groups is 2. The molecule has 1 aromatic rings. The van der Waals surface area contributed by atoms with E-state index in [1.165, 1.54) is 0 Å². The Morgan fingerprint density at radius 1 is 1.37 bits per heavy atom. The number of hydrogen-bond acceptors (Lipinski definition) is 3. The van der Waals surface area contributed by atoms with E-state index in [1.54, 1.807) is 24.0 Å². The summed E-state index contributed by atoms with van der Waals surface area (Å²) in [5.74, 6) is -0.0673. The Balaban J connectivity index is 0.00000180. The van der Waals surface area contributed by atoms with Crippen LogP contribution in [0.4, 0.5) is 11.4 Å². The molecule has 2 amide bonds. The molecule has 1 fully saturated rings. The molecule has 0 saturated carbocycles. The minimum atomic E-state index is -0.537. The van der Waals surface area contributed by atoms with Crippen molar-refractivity contribution < 1.29 is 9.59 Å². The minimum absolute atomic E-state index is 0. The van der Waals surface area contributed by atoms with Crippen LogP contribution in [0, 0.1) is 0 Å². The highest BCUT2D eigenvalue weighted by atomic mass is 35.5. The molecular formula is C13H18ClN3O2. The highest BCUT2D eigenvalue weighted by molar-refractivity contribution is 5.96. The number of amides is 2. The van der Waals surface area contributed by atoms with Crippen molar-refractivity contribution in [2.75, 3.05) is 16.8 Å². The molecule has 0 radical (unpaired) electrons. The summed E-state index contributed by atoms with van der Waals surface area (Å²) in [5, 5.41) is 2.70. The minimum Gasteiger partial charge on any atom is -0.325 e. The SMILES string of the molecule is C[C@H](N)C(=O)Nc1ccc(N2CCCC2=O)cc1.Cl. The van der Waals surface area contributed by atoms with Crippen LogP contribution in [0.15, 0.2) is 24.3 Å². The lowest BCUT2D eigenvalue weighted by Crippen LogP contribution is -2.32. The molecule has 1 saturated heterocycles. The van der Waals surface area contributed by atoms with Crippen LogP contribution in [0.3, 0.4) is 0 Å². The first-order valence-electron chi connectivity index (χ1n) is 6.05. The summed E-state index contributed by atoms with van der Waals surface area (Å²) in [7, 11) is 0. The number of anilines is 2. The third-order valence-corrected chi connectivity index (χ3v) is 2.93. The van der Waals surface area contributed by atoms with Crippen molar-refractivity contribution in [2.45, 2.75) is 25.8 Å². The molecule has 0 bridgehead atoms. The Morgan fingerprint density at radius 3 is 2.47 bits per heavy atom. The van der Waals surface area contributed by atoms with Gasteiger partial charge in [0.05, 0.1) is 6.04 Å². The van der Waals surface area contributed by atoms with Crippen LogP contribution in [0.1, 0.15) is 19.8 Å². The predicted molar refractivity (Wildman–Crippen MR) is 77.6 cm³/mol. The standard InChI is InChI=1S/C13H17N3O2.ClH/c1-9(14)13(18)15-10-4-6-11(7-5-10)16-8-2-3-12(16)17;/h4-7,9H,2-3,8,14H2,1H3,(H,15,18);1H/t9-;/m0./s1. The number of nitrogens with one attached hydrogen (secondary N) is 1. The molecule has 2 rings (SSSR count). The van der Waals surface area contributed by atoms with Gasteiger partial charge >= 0.3 is 0 Å². The maximum Gasteiger partial charge on any atom is 0.240 e. The van der Waals surface area contributed by atoms with Crippen molar-refractivity contribution in [3.05, 3.63) is 24.3 Å². The van der Waals surface area contributed by atoms with Gasteiger partial charge in [-0.2, -0.15) is 0 Å². The average molecular weight is 284 g/mol. The number of nitrogens with two attached hydrogens (primary N) is 1. The third kappa shape index (κ3) is 3.68. The molecule has 1 atom stereocenters. The Kier molecular flexibility index (Phi) is 5.32. The van der Waals surface area contributed by atoms with Crippen molar-refractivity contribution in [1.29, 1.82) is 0 Å². The van der Waals surface area contributed by atoms with Gasteiger partial charge in [-0.05, 0) is 37.6 Å². The molecule has 0 spiro atoms. The monoisotopic (exact) mass is 283 g/mol. The molecule has 0 aromatic heterocycles. The van der Waals surface area contributed by atoms with Gasteiger partial charge in [0.1, 0.15) is 0 Å². The molecule has 1 heterocycles. The zero-order valence-electron chi connectivity index (χ0n) is 10.8. The van der Waals surface area contributed by atoms with E-state index in [9.17, 15) is 9.59 Å². The lowest BCUT2D eigenvalue weighted by Gasteiger charge is -2.16. The van der Waals surface area contributed by atoms with Crippen molar-refractivity contribution in [3.8, 4) is 0 Å². The van der Waals surface area contributed by atoms with Gasteiger partial charge < -0.3 is 16.0 Å². The van der Waals surface area contributed by atoms with E-state index < -0.39 is 6.04 Å². The lowest BCUT2D eigenvalue weighted by atomic mass is 10.2. The normalized spacial score (nSPS) is 15.9. The molecule has 104 valence electrons. The number of benzene rings is 1. The second-order valence-electron chi connectivity index (χ2n) is 4.47. The zero-order valence-corrected chi connectivity index (χ0v) is 11.6. The highest BCUT2D eigenvalue weighted by Crippen LogP contribution is 2.22. The summed E-state index contributed by atoms with van der Waals surface area (Å²) >= 11 is 0. The quantitative estimate of drug-likeness (QED) is 0.883. The number of nitrogens with zero attached hydrogens (tertiary/aromatic N) is 1. The summed E-state index contributed by atoms with van der Waals surface area (Å²) in [6, 6.07) is 6.69. The van der Waals surface area contributed by atoms with Crippen LogP contribution in [-0.2, 0) is 9.59 Å². The van der Waals surface area contributed by atoms with E-state index in [-0.39, 0.29) is 24.2 Å². The van der Waals surface area contributed by atoms with Crippen molar-refractivity contribution in [3.63, 3.8) is 0 Å². The number of hydrogen-bond donors (Lipinski definition) is 2. The van der Waals surface area contributed by atoms with E-state index in [0.717, 1.165) is 18.7 Å². The Bertz CT molecular complexity index is 459. The van der Waals surface area contributed by atoms with Crippen molar-refractivity contribution in [2.24, 2.45) is 5.73 Å². The van der Waals surface area contributed by atoms with Gasteiger partial charge in [0.15, 0.2) is 0 Å². The van der Waals surface area contributed by atoms with Gasteiger partial charge in [-0.15, -0.1) is 12.4 Å². The molecule has 0 aliphatic carbocycles. The van der Waals surface area contributed by atoms with Crippen LogP contribution in [0.5, 0.6) is 0 Å². The Hall–Kier alpha value is -1.59. The maximum atomic E-state index is 11.6. The summed E-state index contributed by atoms with van der Waals surface area (Å²) in [4.78, 5) is 24.7. The fourth-order valence-electron chi connectivity index (χ4n) is 1.90. The number of carbonyl (C=O) groups excluding carboxylic acids is 2. The van der Waals surface area contributed by atoms with Gasteiger partial charge in [0.25, 0.3) is 0 Å². The molecule has 5 nitrogen and oxygen atoms in total. The first-order valence-corrected chi connectivity index (χ1v) is 6.05. The maximum absolute atomic E-state index is 11.6. The smallest absolute Gasteiger partial charge is 0.240 e. The van der Waals surface area contributed by atoms with Gasteiger partial charge in [0, 0.05) is 24.3 Å². The van der Waals surface area contributed by atoms with E-state index in [2.05, 4.69) is 5.32 Å². The lowest BCUT2D eigenvalue weighted by molar-refractivity contribution is -0.117. The van der Waals surface area contributed by atoms with Gasteiger partial charge in [-0.25, -0.2) is 0 Å². The highest BCUT2D eigenvalue weighted by Gasteiger charge is 2.21. The molecule has 19 heavy (non-hydrogen) atoms. The average Bonchev–Trinajstić information content (AvgIpc) is 2.76. The van der Waals surface area contributed by atoms with E-state index in [1.807, 2.05) is 12.1 Å². The first kappa shape index (κ1) is 15.5. The summed E-state index contributed by atoms with van der Waals surface area (Å²) < 4.78 is 0. The summed E-state index contributed by atoms with van der Waals surface area (Å²) in [6.45, 7) is 2.40. The fourth-order valence-corrected chi connectivity index (χ4v) is 1.90. The molecule has 3 N–H and O–H groups in total. The molecule has 0 unspecified atom stereocenters. The van der Waals surface area contributed by atoms with Crippen molar-refractivity contribution >= 4 is 35.6 Å². The zero-order chi connectivity index (χ0) is 13.1. The molecule has 6 heteroatoms. The van der Waals surface area contributed by atoms with Gasteiger partial charge in [-0.3, -0.25) is 9.59 Å². The predicted octanol–water partition coefficient (Wildman–Crippen LogP) is 1.52. The topological polar surface area (TPSA) is 75.4 Å². The van der Waals surface area contributed by atoms with Crippen LogP contribution < -0.4 is 16.0 Å². The molecule has 1 aromatic carbocycles. The van der Waals surface area contributed by atoms with Crippen LogP contribution in [0.2, 0.25) is 0 Å². The number of rotatable bonds is 3. The first-order chi connectivity index (χ1) is 8.58. The molecule has 1 aliphatic heterocycles. The Labute approximate surface area is 118 Å². The Morgan fingerprint density at radius 2 is 2.00 bits per heavy atom. The van der Waals surface area contributed by atoms with Crippen molar-refractivity contribution in [1.82, 2.24) is 0 Å². The van der Waals surface area contributed by atoms with Gasteiger partial charge in [-0.1, -0.05) is 0 Å². The van der Waals surface area contributed by atoms with E-state index >= 15 is 0 Å². The van der Waals surface area contributed by atoms with E-state index in [0.29, 0.717) is 12.1 Å². The van der Waals surface area contributed by atoms with Gasteiger partial charge in [0.2, 0.25) is 11.8 Å². The van der Waals surface area contributed by atoms with E-state index in [4.69, 9.17) is 5.73 Å². The second-order valence-corrected chi connectivity index (χ2v) is 4.47. The second kappa shape index (κ2) is 6.54. The summed E-state index contributed by atoms with van der Waals surface area (Å²) in [6.07, 6.45) is 1.52. The number of halogens is 1. The molecule has 1 aliphatic rings. The third-order valence-electron chi connectivity index (χ3n) is 2.93.